The van der Waals surface area contributed by atoms with Gasteiger partial charge in [0.2, 0.25) is 0 Å². The van der Waals surface area contributed by atoms with Crippen LogP contribution in [0, 0.1) is 0 Å². The van der Waals surface area contributed by atoms with E-state index in [0.29, 0.717) is 19.5 Å². The van der Waals surface area contributed by atoms with Gasteiger partial charge < -0.3 is 15.1 Å². The van der Waals surface area contributed by atoms with Crippen LogP contribution in [0.5, 0.6) is 0 Å². The highest BCUT2D eigenvalue weighted by atomic mass is 35.5. The molecular formula is C17H31ClN2O7Si. The van der Waals surface area contributed by atoms with Crippen LogP contribution in [0.2, 0.25) is 0 Å². The first kappa shape index (κ1) is 26.9. The van der Waals surface area contributed by atoms with Gasteiger partial charge in [0.1, 0.15) is 0 Å². The second kappa shape index (κ2) is 15.8. The van der Waals surface area contributed by atoms with Gasteiger partial charge in [-0.25, -0.2) is 14.7 Å². The summed E-state index contributed by atoms with van der Waals surface area (Å²) in [5.74, 6) is 0. The minimum atomic E-state index is -3.70. The first-order valence-corrected chi connectivity index (χ1v) is 10.2. The molecule has 1 aromatic rings. The summed E-state index contributed by atoms with van der Waals surface area (Å²) >= 11 is 0. The molecule has 9 nitrogen and oxygen atoms in total. The molecule has 0 saturated heterocycles. The summed E-state index contributed by atoms with van der Waals surface area (Å²) in [7, 11) is 0.221. The Labute approximate surface area is 173 Å². The Morgan fingerprint density at radius 1 is 1.04 bits per heavy atom. The Bertz CT molecular complexity index is 510. The van der Waals surface area contributed by atoms with Crippen molar-refractivity contribution in [2.45, 2.75) is 19.4 Å². The van der Waals surface area contributed by atoms with Gasteiger partial charge in [-0.3, -0.25) is 0 Å². The SMILES string of the molecule is COO[Si](OCCCN(C=Cc1ccccc1)C(C)CN)(OOC)OOC.Cl. The second-order valence-corrected chi connectivity index (χ2v) is 7.29. The van der Waals surface area contributed by atoms with Gasteiger partial charge in [-0.05, 0) is 31.2 Å². The summed E-state index contributed by atoms with van der Waals surface area (Å²) in [4.78, 5) is 16.0. The molecular weight excluding hydrogens is 408 g/mol. The Morgan fingerprint density at radius 3 is 2.11 bits per heavy atom. The molecule has 0 spiro atoms. The van der Waals surface area contributed by atoms with Crippen LogP contribution in [0.15, 0.2) is 36.5 Å². The number of hydrogen-bond acceptors (Lipinski definition) is 9. The minimum absolute atomic E-state index is 0. The molecule has 162 valence electrons. The van der Waals surface area contributed by atoms with Crippen molar-refractivity contribution in [3.05, 3.63) is 42.1 Å². The molecule has 0 aliphatic heterocycles. The molecule has 0 heterocycles. The topological polar surface area (TPSA) is 93.9 Å². The van der Waals surface area contributed by atoms with Crippen molar-refractivity contribution in [1.29, 1.82) is 0 Å². The molecule has 0 aromatic heterocycles. The zero-order chi connectivity index (χ0) is 20.0. The average Bonchev–Trinajstić information content (AvgIpc) is 2.68. The normalized spacial score (nSPS) is 12.8. The molecule has 11 heteroatoms. The zero-order valence-electron chi connectivity index (χ0n) is 16.7. The van der Waals surface area contributed by atoms with Gasteiger partial charge in [-0.15, -0.1) is 12.4 Å². The van der Waals surface area contributed by atoms with E-state index in [1.54, 1.807) is 0 Å². The number of halogens is 1. The molecule has 1 rings (SSSR count). The van der Waals surface area contributed by atoms with Crippen LogP contribution in [0.3, 0.4) is 0 Å². The van der Waals surface area contributed by atoms with Crippen molar-refractivity contribution in [2.24, 2.45) is 5.73 Å². The van der Waals surface area contributed by atoms with Crippen molar-refractivity contribution >= 4 is 27.5 Å². The highest BCUT2D eigenvalue weighted by Gasteiger charge is 2.51. The number of hydrogen-bond donors (Lipinski definition) is 1. The van der Waals surface area contributed by atoms with Crippen molar-refractivity contribution in [1.82, 2.24) is 4.90 Å². The molecule has 0 radical (unpaired) electrons. The van der Waals surface area contributed by atoms with Gasteiger partial charge >= 0.3 is 9.05 Å². The van der Waals surface area contributed by atoms with Crippen molar-refractivity contribution in [3.8, 4) is 0 Å². The standard InChI is InChI=1S/C17H30N2O7Si.ClH/c1-16(15-18)19(13-11-17-9-6-5-7-10-17)12-8-14-23-27(24-20-2,25-21-3)26-22-4;/h5-7,9-11,13,16H,8,12,14-15,18H2,1-4H3;1H. The first-order chi connectivity index (χ1) is 13.1. The number of nitrogens with two attached hydrogens (primary N) is 1. The molecule has 2 N–H and O–H groups in total. The Balaban J connectivity index is 0.00000729. The van der Waals surface area contributed by atoms with Gasteiger partial charge in [-0.2, -0.15) is 13.7 Å². The van der Waals surface area contributed by atoms with E-state index in [-0.39, 0.29) is 25.1 Å². The van der Waals surface area contributed by atoms with Crippen LogP contribution in [0.4, 0.5) is 0 Å². The maximum absolute atomic E-state index is 5.82. The molecule has 28 heavy (non-hydrogen) atoms. The van der Waals surface area contributed by atoms with E-state index in [1.807, 2.05) is 42.6 Å². The van der Waals surface area contributed by atoms with Crippen LogP contribution < -0.4 is 5.73 Å². The third-order valence-corrected chi connectivity index (χ3v) is 5.23. The molecule has 0 saturated carbocycles. The lowest BCUT2D eigenvalue weighted by atomic mass is 10.2. The fourth-order valence-electron chi connectivity index (χ4n) is 2.19. The first-order valence-electron chi connectivity index (χ1n) is 8.59. The predicted molar refractivity (Wildman–Crippen MR) is 109 cm³/mol. The van der Waals surface area contributed by atoms with E-state index in [4.69, 9.17) is 23.9 Å². The van der Waals surface area contributed by atoms with E-state index in [2.05, 4.69) is 26.5 Å². The summed E-state index contributed by atoms with van der Waals surface area (Å²) in [5, 5.41) is 0. The van der Waals surface area contributed by atoms with E-state index in [1.165, 1.54) is 21.3 Å². The van der Waals surface area contributed by atoms with E-state index < -0.39 is 9.05 Å². The third-order valence-electron chi connectivity index (χ3n) is 3.56. The number of benzene rings is 1. The smallest absolute Gasteiger partial charge is 0.373 e. The predicted octanol–water partition coefficient (Wildman–Crippen LogP) is 2.30. The third kappa shape index (κ3) is 9.93. The Morgan fingerprint density at radius 2 is 1.61 bits per heavy atom. The lowest BCUT2D eigenvalue weighted by Gasteiger charge is -2.27. The minimum Gasteiger partial charge on any atom is -0.373 e. The molecule has 0 aliphatic carbocycles. The lowest BCUT2D eigenvalue weighted by molar-refractivity contribution is -0.370. The second-order valence-electron chi connectivity index (χ2n) is 5.50. The van der Waals surface area contributed by atoms with Crippen LogP contribution >= 0.6 is 12.4 Å². The van der Waals surface area contributed by atoms with Crippen LogP contribution in [0.1, 0.15) is 18.9 Å². The molecule has 1 atom stereocenters. The number of nitrogens with zero attached hydrogens (tertiary/aromatic N) is 1. The van der Waals surface area contributed by atoms with Crippen LogP contribution in [-0.4, -0.2) is 61.0 Å². The number of rotatable bonds is 15. The van der Waals surface area contributed by atoms with Gasteiger partial charge in [0.25, 0.3) is 0 Å². The van der Waals surface area contributed by atoms with Crippen molar-refractivity contribution in [2.75, 3.05) is 41.0 Å². The van der Waals surface area contributed by atoms with Gasteiger partial charge in [0.15, 0.2) is 0 Å². The fraction of sp³-hybridized carbons (Fsp3) is 0.529. The van der Waals surface area contributed by atoms with Gasteiger partial charge in [0.05, 0.1) is 21.3 Å². The zero-order valence-corrected chi connectivity index (χ0v) is 18.6. The Hall–Kier alpha value is -1.05. The quantitative estimate of drug-likeness (QED) is 0.191. The molecule has 0 bridgehead atoms. The largest absolute Gasteiger partial charge is 0.764 e. The van der Waals surface area contributed by atoms with E-state index in [9.17, 15) is 0 Å². The highest BCUT2D eigenvalue weighted by molar-refractivity contribution is 6.52. The lowest BCUT2D eigenvalue weighted by Crippen LogP contribution is -2.49. The average molecular weight is 439 g/mol. The summed E-state index contributed by atoms with van der Waals surface area (Å²) in [6, 6.07) is 10.2. The maximum atomic E-state index is 5.82. The van der Waals surface area contributed by atoms with E-state index >= 15 is 0 Å². The van der Waals surface area contributed by atoms with Crippen molar-refractivity contribution in [3.63, 3.8) is 0 Å². The fourth-order valence-corrected chi connectivity index (χ4v) is 3.42. The van der Waals surface area contributed by atoms with Crippen LogP contribution in [-0.2, 0) is 32.8 Å². The maximum Gasteiger partial charge on any atom is 0.764 e. The highest BCUT2D eigenvalue weighted by Crippen LogP contribution is 2.14. The monoisotopic (exact) mass is 438 g/mol. The molecule has 0 aliphatic rings. The molecule has 1 unspecified atom stereocenters. The van der Waals surface area contributed by atoms with E-state index in [0.717, 1.165) is 5.56 Å². The summed E-state index contributed by atoms with van der Waals surface area (Å²) in [5.41, 5.74) is 6.94. The molecule has 0 fully saturated rings. The van der Waals surface area contributed by atoms with Gasteiger partial charge in [0, 0.05) is 25.7 Å². The summed E-state index contributed by atoms with van der Waals surface area (Å²) in [6.45, 7) is 3.57. The summed E-state index contributed by atoms with van der Waals surface area (Å²) < 4.78 is 20.5. The summed E-state index contributed by atoms with van der Waals surface area (Å²) in [6.07, 6.45) is 4.73. The Kier molecular flexibility index (Phi) is 15.2. The van der Waals surface area contributed by atoms with Crippen molar-refractivity contribution < 1.29 is 32.8 Å². The molecule has 0 amide bonds. The van der Waals surface area contributed by atoms with Gasteiger partial charge in [-0.1, -0.05) is 30.3 Å². The molecule has 1 aromatic carbocycles. The van der Waals surface area contributed by atoms with Crippen LogP contribution in [0.25, 0.3) is 6.08 Å².